The molecule has 0 aliphatic carbocycles. The van der Waals surface area contributed by atoms with Gasteiger partial charge in [0, 0.05) is 13.1 Å². The van der Waals surface area contributed by atoms with Crippen molar-refractivity contribution in [1.29, 1.82) is 0 Å². The number of hydrogen-bond acceptors (Lipinski definition) is 4. The number of carboxylic acid groups (broad SMARTS) is 1. The highest BCUT2D eigenvalue weighted by Gasteiger charge is 2.31. The second-order valence-electron chi connectivity index (χ2n) is 7.29. The third-order valence-corrected chi connectivity index (χ3v) is 3.89. The fourth-order valence-electron chi connectivity index (χ4n) is 2.60. The Hall–Kier alpha value is -3.01. The molecule has 1 aromatic carbocycles. The zero-order chi connectivity index (χ0) is 20.0. The van der Waals surface area contributed by atoms with E-state index in [1.807, 2.05) is 0 Å². The van der Waals surface area contributed by atoms with Crippen LogP contribution in [0.4, 0.5) is 4.79 Å². The van der Waals surface area contributed by atoms with Gasteiger partial charge in [0.1, 0.15) is 5.60 Å². The van der Waals surface area contributed by atoms with Gasteiger partial charge in [-0.25, -0.2) is 9.59 Å². The van der Waals surface area contributed by atoms with Crippen LogP contribution in [0, 0.1) is 11.8 Å². The smallest absolute Gasteiger partial charge is 0.411 e. The summed E-state index contributed by atoms with van der Waals surface area (Å²) in [6.07, 6.45) is 1.10. The van der Waals surface area contributed by atoms with Crippen molar-refractivity contribution >= 4 is 18.0 Å². The summed E-state index contributed by atoms with van der Waals surface area (Å²) in [7, 11) is 0. The number of rotatable bonds is 3. The van der Waals surface area contributed by atoms with Gasteiger partial charge in [-0.15, -0.1) is 0 Å². The Morgan fingerprint density at radius 2 is 1.93 bits per heavy atom. The van der Waals surface area contributed by atoms with Crippen LogP contribution in [0.5, 0.6) is 0 Å². The monoisotopic (exact) mass is 372 g/mol. The van der Waals surface area contributed by atoms with E-state index in [4.69, 9.17) is 9.84 Å². The number of carboxylic acids is 1. The summed E-state index contributed by atoms with van der Waals surface area (Å²) < 4.78 is 5.37. The molecule has 0 bridgehead atoms. The average Bonchev–Trinajstić information content (AvgIpc) is 3.05. The largest absolute Gasteiger partial charge is 0.478 e. The highest BCUT2D eigenvalue weighted by molar-refractivity contribution is 5.93. The number of nitrogens with one attached hydrogen (secondary N) is 1. The van der Waals surface area contributed by atoms with Crippen molar-refractivity contribution in [3.05, 3.63) is 35.4 Å². The van der Waals surface area contributed by atoms with Crippen LogP contribution < -0.4 is 5.32 Å². The lowest BCUT2D eigenvalue weighted by atomic mass is 10.1. The predicted octanol–water partition coefficient (Wildman–Crippen LogP) is 2.40. The number of carbonyl (C=O) groups is 3. The van der Waals surface area contributed by atoms with Crippen LogP contribution in [-0.2, 0) is 16.1 Å². The molecule has 144 valence electrons. The maximum absolute atomic E-state index is 12.2. The third-order valence-electron chi connectivity index (χ3n) is 3.89. The van der Waals surface area contributed by atoms with Gasteiger partial charge in [-0.1, -0.05) is 18.1 Å². The number of likely N-dealkylation sites (tertiary alicyclic amines) is 1. The number of aromatic carboxylic acids is 1. The van der Waals surface area contributed by atoms with E-state index in [1.165, 1.54) is 12.1 Å². The molecule has 2 amide bonds. The van der Waals surface area contributed by atoms with Crippen LogP contribution in [-0.4, -0.2) is 46.2 Å². The quantitative estimate of drug-likeness (QED) is 0.795. The van der Waals surface area contributed by atoms with E-state index in [-0.39, 0.29) is 18.2 Å². The molecule has 1 heterocycles. The molecule has 1 saturated heterocycles. The first-order chi connectivity index (χ1) is 12.7. The maximum atomic E-state index is 12.2. The Kier molecular flexibility index (Phi) is 6.45. The summed E-state index contributed by atoms with van der Waals surface area (Å²) in [6, 6.07) is 5.90. The van der Waals surface area contributed by atoms with Crippen molar-refractivity contribution in [2.45, 2.75) is 51.8 Å². The molecule has 1 fully saturated rings. The van der Waals surface area contributed by atoms with E-state index in [0.717, 1.165) is 12.0 Å². The van der Waals surface area contributed by atoms with Gasteiger partial charge in [0.25, 0.3) is 5.91 Å². The van der Waals surface area contributed by atoms with E-state index in [9.17, 15) is 14.4 Å². The second kappa shape index (κ2) is 8.58. The molecule has 1 unspecified atom stereocenters. The van der Waals surface area contributed by atoms with Crippen molar-refractivity contribution in [2.75, 3.05) is 6.54 Å². The fourth-order valence-corrected chi connectivity index (χ4v) is 2.60. The average molecular weight is 372 g/mol. The molecule has 7 nitrogen and oxygen atoms in total. The molecule has 2 N–H and O–H groups in total. The van der Waals surface area contributed by atoms with Gasteiger partial charge in [0.15, 0.2) is 0 Å². The molecular formula is C20H24N2O5. The Morgan fingerprint density at radius 3 is 2.52 bits per heavy atom. The highest BCUT2D eigenvalue weighted by atomic mass is 16.6. The molecule has 1 aliphatic heterocycles. The minimum atomic E-state index is -0.998. The van der Waals surface area contributed by atoms with Gasteiger partial charge < -0.3 is 15.2 Å². The summed E-state index contributed by atoms with van der Waals surface area (Å²) in [4.78, 5) is 36.5. The third kappa shape index (κ3) is 6.33. The van der Waals surface area contributed by atoms with Gasteiger partial charge in [-0.05, 0) is 57.2 Å². The molecule has 0 saturated carbocycles. The zero-order valence-corrected chi connectivity index (χ0v) is 15.7. The number of carbonyl (C=O) groups excluding carboxylic acids is 2. The molecule has 0 radical (unpaired) electrons. The molecule has 0 aromatic heterocycles. The Labute approximate surface area is 158 Å². The summed E-state index contributed by atoms with van der Waals surface area (Å²) in [6.45, 7) is 6.22. The first-order valence-corrected chi connectivity index (χ1v) is 8.77. The molecule has 1 atom stereocenters. The van der Waals surface area contributed by atoms with Crippen molar-refractivity contribution in [3.63, 3.8) is 0 Å². The van der Waals surface area contributed by atoms with E-state index in [0.29, 0.717) is 13.0 Å². The van der Waals surface area contributed by atoms with Gasteiger partial charge in [0.05, 0.1) is 11.6 Å². The van der Waals surface area contributed by atoms with Crippen molar-refractivity contribution in [3.8, 4) is 11.8 Å². The second-order valence-corrected chi connectivity index (χ2v) is 7.29. The molecule has 1 aliphatic rings. The number of amides is 2. The minimum absolute atomic E-state index is 0.188. The summed E-state index contributed by atoms with van der Waals surface area (Å²) >= 11 is 0. The lowest BCUT2D eigenvalue weighted by molar-refractivity contribution is -0.115. The van der Waals surface area contributed by atoms with Crippen LogP contribution in [0.3, 0.4) is 0 Å². The van der Waals surface area contributed by atoms with Crippen LogP contribution in [0.1, 0.15) is 49.5 Å². The van der Waals surface area contributed by atoms with Crippen molar-refractivity contribution in [1.82, 2.24) is 10.2 Å². The Bertz CT molecular complexity index is 768. The summed E-state index contributed by atoms with van der Waals surface area (Å²) in [5.41, 5.74) is 0.380. The van der Waals surface area contributed by atoms with Crippen molar-refractivity contribution in [2.24, 2.45) is 0 Å². The minimum Gasteiger partial charge on any atom is -0.478 e. The number of ether oxygens (including phenoxy) is 1. The first kappa shape index (κ1) is 20.3. The zero-order valence-electron chi connectivity index (χ0n) is 15.7. The lowest BCUT2D eigenvalue weighted by Gasteiger charge is -2.26. The predicted molar refractivity (Wildman–Crippen MR) is 99.0 cm³/mol. The number of benzene rings is 1. The molecule has 1 aromatic rings. The van der Waals surface area contributed by atoms with Gasteiger partial charge in [-0.2, -0.15) is 0 Å². The van der Waals surface area contributed by atoms with Gasteiger partial charge >= 0.3 is 12.1 Å². The molecule has 7 heteroatoms. The van der Waals surface area contributed by atoms with Crippen LogP contribution in [0.25, 0.3) is 0 Å². The van der Waals surface area contributed by atoms with Crippen LogP contribution in [0.15, 0.2) is 24.3 Å². The summed E-state index contributed by atoms with van der Waals surface area (Å²) in [5, 5.41) is 11.5. The normalized spacial score (nSPS) is 16.3. The van der Waals surface area contributed by atoms with E-state index >= 15 is 0 Å². The highest BCUT2D eigenvalue weighted by Crippen LogP contribution is 2.20. The standard InChI is InChI=1S/C20H24N2O5/c1-20(2,3)27-19(26)22-12-4-5-16(22)10-11-17(23)21-13-14-6-8-15(9-7-14)18(24)25/h6-9,16H,4-5,12-13H2,1-3H3,(H,21,23)(H,24,25). The topological polar surface area (TPSA) is 95.9 Å². The first-order valence-electron chi connectivity index (χ1n) is 8.77. The van der Waals surface area contributed by atoms with Crippen LogP contribution in [0.2, 0.25) is 0 Å². The van der Waals surface area contributed by atoms with Crippen LogP contribution >= 0.6 is 0 Å². The summed E-state index contributed by atoms with van der Waals surface area (Å²) in [5.74, 6) is 3.92. The Balaban J connectivity index is 1.89. The van der Waals surface area contributed by atoms with E-state index < -0.39 is 23.6 Å². The van der Waals surface area contributed by atoms with E-state index in [1.54, 1.807) is 37.8 Å². The molecular weight excluding hydrogens is 348 g/mol. The van der Waals surface area contributed by atoms with E-state index in [2.05, 4.69) is 17.2 Å². The fraction of sp³-hybridized carbons (Fsp3) is 0.450. The maximum Gasteiger partial charge on any atom is 0.411 e. The number of nitrogens with zero attached hydrogens (tertiary/aromatic N) is 1. The van der Waals surface area contributed by atoms with Gasteiger partial charge in [-0.3, -0.25) is 9.69 Å². The Morgan fingerprint density at radius 1 is 1.26 bits per heavy atom. The van der Waals surface area contributed by atoms with Gasteiger partial charge in [0.2, 0.25) is 0 Å². The molecule has 27 heavy (non-hydrogen) atoms. The SMILES string of the molecule is CC(C)(C)OC(=O)N1CCCC1C#CC(=O)NCc1ccc(C(=O)O)cc1. The molecule has 2 rings (SSSR count). The number of hydrogen-bond donors (Lipinski definition) is 2. The lowest BCUT2D eigenvalue weighted by Crippen LogP contribution is -2.39. The van der Waals surface area contributed by atoms with Crippen molar-refractivity contribution < 1.29 is 24.2 Å². The molecule has 0 spiro atoms.